The van der Waals surface area contributed by atoms with Gasteiger partial charge in [0.2, 0.25) is 0 Å². The van der Waals surface area contributed by atoms with Crippen LogP contribution in [-0.2, 0) is 21.8 Å². The first-order chi connectivity index (χ1) is 3.73. The van der Waals surface area contributed by atoms with E-state index in [1.807, 2.05) is 0 Å². The zero-order valence-electron chi connectivity index (χ0n) is 7.33. The summed E-state index contributed by atoms with van der Waals surface area (Å²) >= 11 is -2.61. The Morgan fingerprint density at radius 2 is 0.667 bits per heavy atom. The molecule has 14 nitrogen and oxygen atoms in total. The van der Waals surface area contributed by atoms with Gasteiger partial charge in [0.1, 0.15) is 0 Å². The second-order valence-electron chi connectivity index (χ2n) is 0.679. The average Bonchev–Trinajstić information content (AvgIpc) is 1.19. The number of hydrogen-bond donors (Lipinski definition) is 4. The summed E-state index contributed by atoms with van der Waals surface area (Å²) in [6.45, 7) is 0. The summed E-state index contributed by atoms with van der Waals surface area (Å²) in [4.78, 5) is 0. The van der Waals surface area contributed by atoms with Gasteiger partial charge in [-0.3, -0.25) is 18.2 Å². The van der Waals surface area contributed by atoms with Crippen LogP contribution in [0.3, 0.4) is 0 Å². The van der Waals surface area contributed by atoms with E-state index in [1.54, 1.807) is 0 Å². The van der Waals surface area contributed by atoms with Crippen LogP contribution in [0.4, 0.5) is 0 Å². The van der Waals surface area contributed by atoms with Gasteiger partial charge in [-0.15, -0.1) is 0 Å². The summed E-state index contributed by atoms with van der Waals surface area (Å²) in [5.41, 5.74) is 0. The Kier molecular flexibility index (Phi) is 260. The predicted octanol–water partition coefficient (Wildman–Crippen LogP) is -8.04. The summed E-state index contributed by atoms with van der Waals surface area (Å²) in [5.74, 6) is 0. The quantitative estimate of drug-likeness (QED) is 0.184. The molecule has 0 aromatic rings. The second kappa shape index (κ2) is 51.2. The van der Waals surface area contributed by atoms with Crippen molar-refractivity contribution >= 4 is 80.9 Å². The first kappa shape index (κ1) is 91.3. The Bertz CT molecular complexity index is 160. The molecule has 0 unspecified atom stereocenters. The molecule has 0 amide bonds. The van der Waals surface area contributed by atoms with Crippen molar-refractivity contribution in [3.63, 3.8) is 0 Å². The molecular weight excluding hydrogens is 334 g/mol. The monoisotopic (exact) mass is 354 g/mol. The van der Waals surface area contributed by atoms with Crippen molar-refractivity contribution in [2.75, 3.05) is 0 Å². The zero-order chi connectivity index (χ0) is 8.08. The average molecular weight is 354 g/mol. The Hall–Kier alpha value is 1.66. The van der Waals surface area contributed by atoms with Crippen LogP contribution >= 0.6 is 0 Å². The molecule has 0 heterocycles. The van der Waals surface area contributed by atoms with Gasteiger partial charge in [-0.05, 0) is 0 Å². The van der Waals surface area contributed by atoms with Gasteiger partial charge in [0.15, 0.2) is 0 Å². The van der Waals surface area contributed by atoms with E-state index in [2.05, 4.69) is 0 Å². The molecule has 0 aliphatic carbocycles. The Labute approximate surface area is 149 Å². The molecule has 118 valence electrons. The molecule has 0 saturated heterocycles. The summed E-state index contributed by atoms with van der Waals surface area (Å²) in [6, 6.07) is 0. The fraction of sp³-hybridized carbons (Fsp3) is 0. The molecule has 0 bridgehead atoms. The van der Waals surface area contributed by atoms with Gasteiger partial charge in [-0.25, -0.2) is 0 Å². The summed E-state index contributed by atoms with van der Waals surface area (Å²) in [7, 11) is -4.67. The van der Waals surface area contributed by atoms with E-state index in [0.717, 1.165) is 0 Å². The second-order valence-corrected chi connectivity index (χ2v) is 2.04. The molecular formula is H20Na2O14S2. The van der Waals surface area contributed by atoms with Crippen LogP contribution in [0.25, 0.3) is 0 Å². The van der Waals surface area contributed by atoms with Crippen LogP contribution in [0, 0.1) is 0 Å². The van der Waals surface area contributed by atoms with Crippen molar-refractivity contribution in [1.29, 1.82) is 0 Å². The Morgan fingerprint density at radius 1 is 0.667 bits per heavy atom. The molecule has 18 N–H and O–H groups in total. The van der Waals surface area contributed by atoms with Crippen molar-refractivity contribution in [2.24, 2.45) is 0 Å². The van der Waals surface area contributed by atoms with Gasteiger partial charge in [0.25, 0.3) is 11.4 Å². The molecule has 0 atom stereocenters. The summed E-state index contributed by atoms with van der Waals surface area (Å²) in [6.07, 6.45) is 0. The minimum atomic E-state index is -4.67. The fourth-order valence-electron chi connectivity index (χ4n) is 0. The van der Waals surface area contributed by atoms with E-state index >= 15 is 0 Å². The van der Waals surface area contributed by atoms with Gasteiger partial charge >= 0.3 is 69.5 Å². The predicted molar refractivity (Wildman–Crippen MR) is 67.2 cm³/mol. The molecule has 0 aromatic carbocycles. The summed E-state index contributed by atoms with van der Waals surface area (Å²) in [5, 5.41) is 0. The zero-order valence-corrected chi connectivity index (χ0v) is 8.96. The van der Waals surface area contributed by atoms with E-state index < -0.39 is 21.8 Å². The van der Waals surface area contributed by atoms with Crippen molar-refractivity contribution in [1.82, 2.24) is 0 Å². The van der Waals surface area contributed by atoms with Crippen molar-refractivity contribution in [3.05, 3.63) is 0 Å². The molecule has 0 saturated carbocycles. The summed E-state index contributed by atoms with van der Waals surface area (Å²) < 4.78 is 54.4. The van der Waals surface area contributed by atoms with Crippen LogP contribution in [0.5, 0.6) is 0 Å². The molecule has 0 aliphatic heterocycles. The van der Waals surface area contributed by atoms with E-state index in [9.17, 15) is 0 Å². The topological polar surface area (TPSA) is 353 Å². The molecule has 0 aliphatic rings. The molecule has 0 spiro atoms. The molecule has 18 heteroatoms. The van der Waals surface area contributed by atoms with Gasteiger partial charge in [-0.1, -0.05) is 0 Å². The SMILES string of the molecule is O.O.O.O.O.O.O.O=S(=O)(O)O.O=S(O)O.[NaH].[NaH]. The van der Waals surface area contributed by atoms with Gasteiger partial charge in [-0.2, -0.15) is 12.6 Å². The van der Waals surface area contributed by atoms with Gasteiger partial charge < -0.3 is 38.3 Å². The van der Waals surface area contributed by atoms with Crippen LogP contribution in [-0.4, -0.2) is 128 Å². The van der Waals surface area contributed by atoms with Gasteiger partial charge in [0.05, 0.1) is 0 Å². The first-order valence-electron chi connectivity index (χ1n) is 1.23. The third kappa shape index (κ3) is 1780. The van der Waals surface area contributed by atoms with E-state index in [-0.39, 0.29) is 97.4 Å². The van der Waals surface area contributed by atoms with Gasteiger partial charge in [0, 0.05) is 0 Å². The fourth-order valence-corrected chi connectivity index (χ4v) is 0. The third-order valence-electron chi connectivity index (χ3n) is 0. The maximum atomic E-state index is 8.74. The van der Waals surface area contributed by atoms with E-state index in [0.29, 0.717) is 0 Å². The number of rotatable bonds is 0. The maximum absolute atomic E-state index is 8.74. The first-order valence-corrected chi connectivity index (χ1v) is 3.69. The van der Waals surface area contributed by atoms with Crippen LogP contribution in [0.2, 0.25) is 0 Å². The molecule has 0 fully saturated rings. The normalized spacial score (nSPS) is 5.17. The Balaban J connectivity index is -0.00000000406. The van der Waals surface area contributed by atoms with Crippen molar-refractivity contribution in [2.45, 2.75) is 0 Å². The van der Waals surface area contributed by atoms with E-state index in [4.69, 9.17) is 30.8 Å². The van der Waals surface area contributed by atoms with E-state index in [1.165, 1.54) is 0 Å². The minimum absolute atomic E-state index is 0. The van der Waals surface area contributed by atoms with Crippen LogP contribution in [0.1, 0.15) is 0 Å². The Morgan fingerprint density at radius 3 is 0.667 bits per heavy atom. The number of hydrogen-bond acceptors (Lipinski definition) is 3. The van der Waals surface area contributed by atoms with Crippen LogP contribution in [0.15, 0.2) is 0 Å². The standard InChI is InChI=1S/2Na.H2O4S.H2O3S.7H2O.2H/c;;1-5(2,3)4;1-4(2)3;;;;;;;;;/h;;(H2,1,2,3,4);(H2,1,2,3);7*1H2;;. The van der Waals surface area contributed by atoms with Crippen molar-refractivity contribution in [3.8, 4) is 0 Å². The molecule has 18 heavy (non-hydrogen) atoms. The molecule has 0 radical (unpaired) electrons. The molecule has 0 aromatic heterocycles. The van der Waals surface area contributed by atoms with Crippen molar-refractivity contribution < 1.29 is 69.2 Å². The third-order valence-corrected chi connectivity index (χ3v) is 0. The van der Waals surface area contributed by atoms with Crippen LogP contribution < -0.4 is 0 Å². The molecule has 0 rings (SSSR count).